The van der Waals surface area contributed by atoms with Gasteiger partial charge in [-0.25, -0.2) is 4.79 Å². The number of halogens is 1. The Bertz CT molecular complexity index is 1450. The fraction of sp³-hybridized carbons (Fsp3) is 0.200. The number of rotatable bonds is 6. The van der Waals surface area contributed by atoms with E-state index in [0.29, 0.717) is 18.6 Å². The Labute approximate surface area is 213 Å². The number of H-pyrrole nitrogens is 1. The molecule has 180 valence electrons. The molecule has 1 aliphatic carbocycles. The molecule has 35 heavy (non-hydrogen) atoms. The number of nitrogens with one attached hydrogen (secondary N) is 2. The Balaban J connectivity index is 1.46. The topological polar surface area (TPSA) is 116 Å². The lowest BCUT2D eigenvalue weighted by Crippen LogP contribution is -2.38. The number of anilines is 2. The van der Waals surface area contributed by atoms with Crippen LogP contribution in [0.15, 0.2) is 64.1 Å². The zero-order chi connectivity index (χ0) is 24.6. The molecule has 0 fully saturated rings. The summed E-state index contributed by atoms with van der Waals surface area (Å²) >= 11 is 5.16. The molecule has 0 saturated carbocycles. The van der Waals surface area contributed by atoms with E-state index in [1.54, 1.807) is 12.1 Å². The first-order chi connectivity index (χ1) is 16.9. The number of fused-ring (bicyclic) bond motifs is 2. The molecule has 10 heteroatoms. The van der Waals surface area contributed by atoms with E-state index in [2.05, 4.69) is 30.6 Å². The molecule has 0 radical (unpaired) electrons. The van der Waals surface area contributed by atoms with Crippen molar-refractivity contribution in [1.82, 2.24) is 4.37 Å². The molecule has 2 heterocycles. The first-order valence-electron chi connectivity index (χ1n) is 10.8. The van der Waals surface area contributed by atoms with E-state index in [4.69, 9.17) is 9.47 Å². The lowest BCUT2D eigenvalue weighted by Gasteiger charge is -2.19. The van der Waals surface area contributed by atoms with Gasteiger partial charge in [-0.1, -0.05) is 29.7 Å². The van der Waals surface area contributed by atoms with Gasteiger partial charge in [-0.15, -0.1) is 0 Å². The van der Waals surface area contributed by atoms with Gasteiger partial charge in [-0.2, -0.15) is 0 Å². The monoisotopic (exact) mass is 555 g/mol. The van der Waals surface area contributed by atoms with Gasteiger partial charge in [0.15, 0.2) is 17.0 Å². The first-order valence-corrected chi connectivity index (χ1v) is 12.5. The standard InChI is InChI=1S/C25H22BrN3O5S/c1-25(13-30,24(31)32)28-15-6-7-17-21(12-15)35-29-23(17)27-18-4-2-3-16(22(18)26)14-5-8-19-20(11-14)34-10-9-33-19/h2-8,11-12,27,29-30H,9-10,13H2,1H3,(H,31,32). The number of carboxylic acids is 1. The third-order valence-electron chi connectivity index (χ3n) is 5.75. The van der Waals surface area contributed by atoms with E-state index in [-0.39, 0.29) is 0 Å². The van der Waals surface area contributed by atoms with Crippen molar-refractivity contribution in [1.29, 1.82) is 0 Å². The van der Waals surface area contributed by atoms with Crippen molar-refractivity contribution in [3.63, 3.8) is 0 Å². The van der Waals surface area contributed by atoms with Gasteiger partial charge >= 0.3 is 5.97 Å². The van der Waals surface area contributed by atoms with Crippen molar-refractivity contribution >= 4 is 44.9 Å². The molecule has 0 spiro atoms. The normalized spacial score (nSPS) is 15.1. The predicted molar refractivity (Wildman–Crippen MR) is 138 cm³/mol. The number of benzene rings is 3. The third kappa shape index (κ3) is 4.52. The summed E-state index contributed by atoms with van der Waals surface area (Å²) < 4.78 is 15.5. The molecule has 0 saturated heterocycles. The lowest BCUT2D eigenvalue weighted by molar-refractivity contribution is -0.144. The van der Waals surface area contributed by atoms with Crippen LogP contribution in [0.2, 0.25) is 0 Å². The Hall–Kier alpha value is -3.34. The molecule has 0 bridgehead atoms. The summed E-state index contributed by atoms with van der Waals surface area (Å²) in [5.74, 6) is 1.11. The third-order valence-corrected chi connectivity index (χ3v) is 7.47. The quantitative estimate of drug-likeness (QED) is 0.270. The minimum Gasteiger partial charge on any atom is -0.486 e. The van der Waals surface area contributed by atoms with Gasteiger partial charge in [0.25, 0.3) is 0 Å². The van der Waals surface area contributed by atoms with E-state index in [9.17, 15) is 15.0 Å². The maximum atomic E-state index is 11.5. The van der Waals surface area contributed by atoms with Gasteiger partial charge in [0.2, 0.25) is 0 Å². The van der Waals surface area contributed by atoms with E-state index < -0.39 is 18.1 Å². The summed E-state index contributed by atoms with van der Waals surface area (Å²) in [6, 6.07) is 17.3. The fourth-order valence-electron chi connectivity index (χ4n) is 3.76. The first kappa shape index (κ1) is 23.4. The SMILES string of the molecule is CC(CO)(N=c1ccc2c(Nc3cccc(-c4ccc5c(c4)OCCO5)c3Br)[nH]sc-2c1)C(=O)O. The fourth-order valence-corrected chi connectivity index (χ4v) is 5.18. The number of ether oxygens (including phenoxy) is 2. The number of nitrogens with zero attached hydrogens (tertiary/aromatic N) is 1. The molecule has 1 unspecified atom stereocenters. The van der Waals surface area contributed by atoms with Crippen molar-refractivity contribution in [2.75, 3.05) is 25.1 Å². The number of aliphatic carboxylic acids is 1. The Morgan fingerprint density at radius 3 is 2.71 bits per heavy atom. The molecule has 4 N–H and O–H groups in total. The number of aliphatic hydroxyl groups is 1. The Kier molecular flexibility index (Phi) is 6.26. The molecule has 3 aliphatic rings. The maximum Gasteiger partial charge on any atom is 0.333 e. The highest BCUT2D eigenvalue weighted by Crippen LogP contribution is 2.41. The average molecular weight is 556 g/mol. The molecule has 0 amide bonds. The molecular formula is C25H22BrN3O5S. The molecule has 0 aromatic heterocycles. The largest absolute Gasteiger partial charge is 0.486 e. The predicted octanol–water partition coefficient (Wildman–Crippen LogP) is 4.86. The molecule has 8 nitrogen and oxygen atoms in total. The average Bonchev–Trinajstić information content (AvgIpc) is 3.26. The van der Waals surface area contributed by atoms with Crippen LogP contribution >= 0.6 is 27.5 Å². The van der Waals surface area contributed by atoms with Gasteiger partial charge in [0, 0.05) is 10.0 Å². The second-order valence-electron chi connectivity index (χ2n) is 8.26. The Morgan fingerprint density at radius 2 is 1.94 bits per heavy atom. The van der Waals surface area contributed by atoms with Crippen LogP contribution in [0.3, 0.4) is 0 Å². The van der Waals surface area contributed by atoms with E-state index in [0.717, 1.165) is 49.0 Å². The summed E-state index contributed by atoms with van der Waals surface area (Å²) in [7, 11) is 0. The van der Waals surface area contributed by atoms with Gasteiger partial charge < -0.3 is 25.0 Å². The smallest absolute Gasteiger partial charge is 0.333 e. The van der Waals surface area contributed by atoms with Crippen LogP contribution < -0.4 is 20.1 Å². The van der Waals surface area contributed by atoms with Crippen molar-refractivity contribution in [3.8, 4) is 33.1 Å². The molecule has 5 rings (SSSR count). The molecule has 2 aromatic carbocycles. The van der Waals surface area contributed by atoms with E-state index >= 15 is 0 Å². The minimum absolute atomic E-state index is 0.486. The van der Waals surface area contributed by atoms with Crippen molar-refractivity contribution in [2.24, 2.45) is 4.99 Å². The summed E-state index contributed by atoms with van der Waals surface area (Å²) in [6.07, 6.45) is 0. The highest BCUT2D eigenvalue weighted by Gasteiger charge is 2.31. The molecule has 2 aliphatic heterocycles. The number of carboxylic acid groups (broad SMARTS) is 1. The summed E-state index contributed by atoms with van der Waals surface area (Å²) in [5.41, 5.74) is 2.23. The van der Waals surface area contributed by atoms with Gasteiger partial charge in [-0.05, 0) is 70.4 Å². The zero-order valence-electron chi connectivity index (χ0n) is 18.7. The zero-order valence-corrected chi connectivity index (χ0v) is 21.1. The molecular weight excluding hydrogens is 534 g/mol. The molecule has 1 atom stereocenters. The van der Waals surface area contributed by atoms with Crippen molar-refractivity contribution in [2.45, 2.75) is 12.5 Å². The number of aliphatic hydroxyl groups excluding tert-OH is 1. The van der Waals surface area contributed by atoms with Crippen molar-refractivity contribution in [3.05, 3.63) is 64.4 Å². The summed E-state index contributed by atoms with van der Waals surface area (Å²) in [6.45, 7) is 1.89. The number of aromatic nitrogens is 1. The summed E-state index contributed by atoms with van der Waals surface area (Å²) in [5, 5.41) is 22.8. The van der Waals surface area contributed by atoms with Gasteiger partial charge in [0.05, 0.1) is 22.5 Å². The van der Waals surface area contributed by atoms with E-state index in [1.165, 1.54) is 18.5 Å². The highest BCUT2D eigenvalue weighted by molar-refractivity contribution is 9.10. The second kappa shape index (κ2) is 9.37. The van der Waals surface area contributed by atoms with Crippen LogP contribution in [-0.4, -0.2) is 45.9 Å². The van der Waals surface area contributed by atoms with Gasteiger partial charge in [-0.3, -0.25) is 9.37 Å². The lowest BCUT2D eigenvalue weighted by atomic mass is 10.0. The van der Waals surface area contributed by atoms with Crippen LogP contribution in [0.5, 0.6) is 11.5 Å². The number of hydrogen-bond donors (Lipinski definition) is 4. The van der Waals surface area contributed by atoms with E-state index in [1.807, 2.05) is 42.5 Å². The molecule has 2 aromatic rings. The van der Waals surface area contributed by atoms with Crippen molar-refractivity contribution < 1.29 is 24.5 Å². The maximum absolute atomic E-state index is 11.5. The van der Waals surface area contributed by atoms with Crippen LogP contribution in [0.25, 0.3) is 21.6 Å². The number of carbonyl (C=O) groups is 1. The minimum atomic E-state index is -1.59. The van der Waals surface area contributed by atoms with Crippen LogP contribution in [0, 0.1) is 0 Å². The van der Waals surface area contributed by atoms with Crippen LogP contribution in [0.1, 0.15) is 6.92 Å². The number of hydrogen-bond acceptors (Lipinski definition) is 7. The van der Waals surface area contributed by atoms with Crippen LogP contribution in [0.4, 0.5) is 11.5 Å². The van der Waals surface area contributed by atoms with Crippen LogP contribution in [-0.2, 0) is 4.79 Å². The highest BCUT2D eigenvalue weighted by atomic mass is 79.9. The Morgan fingerprint density at radius 1 is 1.14 bits per heavy atom. The van der Waals surface area contributed by atoms with Gasteiger partial charge in [0.1, 0.15) is 19.0 Å². The second-order valence-corrected chi connectivity index (χ2v) is 9.90. The summed E-state index contributed by atoms with van der Waals surface area (Å²) in [4.78, 5) is 16.6. The number of aromatic amines is 1.